The molecular formula is C14H21ClN2O2S. The summed E-state index contributed by atoms with van der Waals surface area (Å²) in [7, 11) is -3.32. The van der Waals surface area contributed by atoms with E-state index in [2.05, 4.69) is 9.62 Å². The van der Waals surface area contributed by atoms with E-state index in [1.54, 1.807) is 0 Å². The minimum Gasteiger partial charge on any atom is -0.370 e. The van der Waals surface area contributed by atoms with Crippen LogP contribution in [0.15, 0.2) is 24.3 Å². The first-order valence-corrected chi connectivity index (χ1v) is 9.21. The summed E-state index contributed by atoms with van der Waals surface area (Å²) in [5.41, 5.74) is 1.64. The molecule has 0 aliphatic carbocycles. The van der Waals surface area contributed by atoms with Crippen molar-refractivity contribution in [2.45, 2.75) is 25.7 Å². The Morgan fingerprint density at radius 3 is 2.55 bits per heavy atom. The molecule has 1 aliphatic heterocycles. The van der Waals surface area contributed by atoms with Gasteiger partial charge in [0.15, 0.2) is 0 Å². The third-order valence-corrected chi connectivity index (χ3v) is 5.04. The fourth-order valence-corrected chi connectivity index (χ4v) is 3.86. The van der Waals surface area contributed by atoms with E-state index in [1.807, 2.05) is 24.3 Å². The van der Waals surface area contributed by atoms with Gasteiger partial charge >= 0.3 is 0 Å². The van der Waals surface area contributed by atoms with E-state index in [4.69, 9.17) is 11.6 Å². The van der Waals surface area contributed by atoms with Gasteiger partial charge in [-0.05, 0) is 37.8 Å². The predicted molar refractivity (Wildman–Crippen MR) is 85.3 cm³/mol. The third-order valence-electron chi connectivity index (χ3n) is 3.41. The van der Waals surface area contributed by atoms with Gasteiger partial charge in [-0.2, -0.15) is 0 Å². The van der Waals surface area contributed by atoms with Crippen LogP contribution in [-0.2, 0) is 10.0 Å². The molecule has 0 aromatic heterocycles. The summed E-state index contributed by atoms with van der Waals surface area (Å²) in [5.74, 6) is 0.416. The zero-order chi connectivity index (χ0) is 14.4. The van der Waals surface area contributed by atoms with Crippen molar-refractivity contribution in [3.05, 3.63) is 24.3 Å². The number of piperidine rings is 1. The molecule has 112 valence electrons. The molecule has 0 amide bonds. The summed E-state index contributed by atoms with van der Waals surface area (Å²) in [6, 6.07) is 7.60. The Labute approximate surface area is 126 Å². The first-order valence-electron chi connectivity index (χ1n) is 7.03. The minimum absolute atomic E-state index is 0.0604. The summed E-state index contributed by atoms with van der Waals surface area (Å²) in [6.45, 7) is 1.97. The van der Waals surface area contributed by atoms with Crippen molar-refractivity contribution in [2.75, 3.05) is 34.3 Å². The average molecular weight is 317 g/mol. The van der Waals surface area contributed by atoms with Crippen molar-refractivity contribution in [1.29, 1.82) is 0 Å². The standard InChI is InChI=1S/C14H21ClN2O2S/c15-9-6-12-20(18,19)16-13-7-2-3-8-14(13)17-10-4-1-5-11-17/h2-3,7-8,16H,1,4-6,9-12H2. The number of benzene rings is 1. The number of nitrogens with zero attached hydrogens (tertiary/aromatic N) is 1. The number of sulfonamides is 1. The van der Waals surface area contributed by atoms with E-state index < -0.39 is 10.0 Å². The second kappa shape index (κ2) is 7.18. The molecule has 1 saturated heterocycles. The highest BCUT2D eigenvalue weighted by Crippen LogP contribution is 2.29. The molecule has 2 rings (SSSR count). The number of anilines is 2. The number of para-hydroxylation sites is 2. The molecule has 1 heterocycles. The van der Waals surface area contributed by atoms with Gasteiger partial charge in [0.2, 0.25) is 10.0 Å². The molecule has 1 N–H and O–H groups in total. The van der Waals surface area contributed by atoms with Gasteiger partial charge in [-0.25, -0.2) is 8.42 Å². The van der Waals surface area contributed by atoms with Crippen LogP contribution in [0.3, 0.4) is 0 Å². The number of hydrogen-bond donors (Lipinski definition) is 1. The molecule has 4 nitrogen and oxygen atoms in total. The van der Waals surface area contributed by atoms with E-state index >= 15 is 0 Å². The van der Waals surface area contributed by atoms with Crippen molar-refractivity contribution >= 4 is 33.0 Å². The Hall–Kier alpha value is -0.940. The van der Waals surface area contributed by atoms with Crippen LogP contribution in [0.2, 0.25) is 0 Å². The highest BCUT2D eigenvalue weighted by Gasteiger charge is 2.17. The first-order chi connectivity index (χ1) is 9.62. The number of halogens is 1. The number of alkyl halides is 1. The molecule has 1 fully saturated rings. The molecule has 20 heavy (non-hydrogen) atoms. The van der Waals surface area contributed by atoms with Gasteiger partial charge in [0.05, 0.1) is 17.1 Å². The lowest BCUT2D eigenvalue weighted by Gasteiger charge is -2.30. The maximum absolute atomic E-state index is 12.0. The lowest BCUT2D eigenvalue weighted by atomic mass is 10.1. The lowest BCUT2D eigenvalue weighted by Crippen LogP contribution is -2.30. The van der Waals surface area contributed by atoms with Crippen LogP contribution in [0.4, 0.5) is 11.4 Å². The Kier molecular flexibility index (Phi) is 5.54. The Morgan fingerprint density at radius 2 is 1.85 bits per heavy atom. The van der Waals surface area contributed by atoms with E-state index in [0.717, 1.165) is 31.6 Å². The predicted octanol–water partition coefficient (Wildman–Crippen LogP) is 3.05. The summed E-state index contributed by atoms with van der Waals surface area (Å²) in [4.78, 5) is 2.25. The molecule has 0 spiro atoms. The topological polar surface area (TPSA) is 49.4 Å². The van der Waals surface area contributed by atoms with Crippen LogP contribution in [0, 0.1) is 0 Å². The molecule has 1 aromatic carbocycles. The quantitative estimate of drug-likeness (QED) is 0.821. The highest BCUT2D eigenvalue weighted by atomic mass is 35.5. The molecule has 0 unspecified atom stereocenters. The molecule has 0 saturated carbocycles. The minimum atomic E-state index is -3.32. The van der Waals surface area contributed by atoms with E-state index in [1.165, 1.54) is 6.42 Å². The van der Waals surface area contributed by atoms with Crippen LogP contribution in [0.1, 0.15) is 25.7 Å². The normalized spacial score (nSPS) is 16.1. The lowest BCUT2D eigenvalue weighted by molar-refractivity contribution is 0.578. The first kappa shape index (κ1) is 15.4. The van der Waals surface area contributed by atoms with Crippen LogP contribution in [0.25, 0.3) is 0 Å². The van der Waals surface area contributed by atoms with Crippen molar-refractivity contribution < 1.29 is 8.42 Å². The summed E-state index contributed by atoms with van der Waals surface area (Å²) < 4.78 is 26.7. The van der Waals surface area contributed by atoms with Gasteiger partial charge < -0.3 is 4.90 Å². The summed E-state index contributed by atoms with van der Waals surface area (Å²) >= 11 is 5.56. The fourth-order valence-electron chi connectivity index (χ4n) is 2.43. The Balaban J connectivity index is 2.15. The third kappa shape index (κ3) is 4.28. The maximum atomic E-state index is 12.0. The molecule has 0 bridgehead atoms. The summed E-state index contributed by atoms with van der Waals surface area (Å²) in [6.07, 6.45) is 4.03. The monoisotopic (exact) mass is 316 g/mol. The Bertz CT molecular complexity index is 528. The molecule has 6 heteroatoms. The number of hydrogen-bond acceptors (Lipinski definition) is 3. The van der Waals surface area contributed by atoms with Crippen LogP contribution >= 0.6 is 11.6 Å². The zero-order valence-electron chi connectivity index (χ0n) is 11.5. The highest BCUT2D eigenvalue weighted by molar-refractivity contribution is 7.92. The van der Waals surface area contributed by atoms with Gasteiger partial charge in [0, 0.05) is 19.0 Å². The van der Waals surface area contributed by atoms with Gasteiger partial charge in [0.1, 0.15) is 0 Å². The van der Waals surface area contributed by atoms with Gasteiger partial charge in [-0.15, -0.1) is 11.6 Å². The SMILES string of the molecule is O=S(=O)(CCCCl)Nc1ccccc1N1CCCCC1. The second-order valence-electron chi connectivity index (χ2n) is 5.03. The van der Waals surface area contributed by atoms with Crippen molar-refractivity contribution in [3.63, 3.8) is 0 Å². The molecule has 1 aliphatic rings. The average Bonchev–Trinajstić information content (AvgIpc) is 2.46. The molecule has 0 radical (unpaired) electrons. The molecule has 1 aromatic rings. The Morgan fingerprint density at radius 1 is 1.15 bits per heavy atom. The van der Waals surface area contributed by atoms with E-state index in [0.29, 0.717) is 18.0 Å². The van der Waals surface area contributed by atoms with Gasteiger partial charge in [-0.1, -0.05) is 12.1 Å². The largest absolute Gasteiger partial charge is 0.370 e. The zero-order valence-corrected chi connectivity index (χ0v) is 13.1. The second-order valence-corrected chi connectivity index (χ2v) is 7.25. The van der Waals surface area contributed by atoms with Gasteiger partial charge in [-0.3, -0.25) is 4.72 Å². The molecular weight excluding hydrogens is 296 g/mol. The van der Waals surface area contributed by atoms with Crippen molar-refractivity contribution in [1.82, 2.24) is 0 Å². The van der Waals surface area contributed by atoms with Crippen molar-refractivity contribution in [3.8, 4) is 0 Å². The molecule has 0 atom stereocenters. The van der Waals surface area contributed by atoms with Crippen LogP contribution in [0.5, 0.6) is 0 Å². The van der Waals surface area contributed by atoms with E-state index in [-0.39, 0.29) is 5.75 Å². The number of rotatable bonds is 6. The fraction of sp³-hybridized carbons (Fsp3) is 0.571. The van der Waals surface area contributed by atoms with Crippen molar-refractivity contribution in [2.24, 2.45) is 0 Å². The maximum Gasteiger partial charge on any atom is 0.232 e. The van der Waals surface area contributed by atoms with Crippen LogP contribution < -0.4 is 9.62 Å². The summed E-state index contributed by atoms with van der Waals surface area (Å²) in [5, 5.41) is 0. The van der Waals surface area contributed by atoms with Crippen LogP contribution in [-0.4, -0.2) is 33.1 Å². The number of nitrogens with one attached hydrogen (secondary N) is 1. The van der Waals surface area contributed by atoms with Gasteiger partial charge in [0.25, 0.3) is 0 Å². The van der Waals surface area contributed by atoms with E-state index in [9.17, 15) is 8.42 Å². The smallest absolute Gasteiger partial charge is 0.232 e.